The van der Waals surface area contributed by atoms with Crippen LogP contribution in [0.2, 0.25) is 0 Å². The lowest BCUT2D eigenvalue weighted by Gasteiger charge is -2.07. The lowest BCUT2D eigenvalue weighted by molar-refractivity contribution is -0.120. The monoisotopic (exact) mass is 355 g/mol. The van der Waals surface area contributed by atoms with E-state index in [-0.39, 0.29) is 12.5 Å². The van der Waals surface area contributed by atoms with Gasteiger partial charge in [0.15, 0.2) is 0 Å². The Bertz CT molecular complexity index is 818. The van der Waals surface area contributed by atoms with Crippen molar-refractivity contribution in [1.29, 1.82) is 0 Å². The molecule has 26 heavy (non-hydrogen) atoms. The van der Waals surface area contributed by atoms with Gasteiger partial charge in [-0.3, -0.25) is 9.59 Å². The predicted octanol–water partition coefficient (Wildman–Crippen LogP) is 1.89. The first-order valence-electron chi connectivity index (χ1n) is 7.92. The minimum Gasteiger partial charge on any atom is -0.497 e. The van der Waals surface area contributed by atoms with E-state index < -0.39 is 5.91 Å². The summed E-state index contributed by atoms with van der Waals surface area (Å²) >= 11 is 0. The highest BCUT2D eigenvalue weighted by molar-refractivity contribution is 5.96. The number of nitrogens with one attached hydrogen (secondary N) is 2. The van der Waals surface area contributed by atoms with E-state index in [0.29, 0.717) is 22.6 Å². The zero-order valence-corrected chi connectivity index (χ0v) is 14.9. The first-order chi connectivity index (χ1) is 12.5. The van der Waals surface area contributed by atoms with Crippen molar-refractivity contribution in [3.8, 4) is 11.5 Å². The third-order valence-corrected chi connectivity index (χ3v) is 3.52. The summed E-state index contributed by atoms with van der Waals surface area (Å²) in [6, 6.07) is 12.3. The zero-order valence-electron chi connectivity index (χ0n) is 14.9. The van der Waals surface area contributed by atoms with Crippen LogP contribution in [0, 0.1) is 6.92 Å². The Morgan fingerprint density at radius 1 is 1.12 bits per heavy atom. The maximum atomic E-state index is 12.0. The molecule has 0 saturated heterocycles. The van der Waals surface area contributed by atoms with Crippen LogP contribution in [-0.2, 0) is 4.79 Å². The highest BCUT2D eigenvalue weighted by Gasteiger charge is 2.08. The molecule has 0 aromatic heterocycles. The van der Waals surface area contributed by atoms with Gasteiger partial charge in [-0.1, -0.05) is 17.7 Å². The number of hydrogen-bond donors (Lipinski definition) is 2. The van der Waals surface area contributed by atoms with E-state index in [9.17, 15) is 9.59 Å². The highest BCUT2D eigenvalue weighted by Crippen LogP contribution is 2.22. The molecule has 0 bridgehead atoms. The summed E-state index contributed by atoms with van der Waals surface area (Å²) in [7, 11) is 3.10. The second-order valence-electron chi connectivity index (χ2n) is 5.45. The largest absolute Gasteiger partial charge is 0.497 e. The molecular formula is C19H21N3O4. The van der Waals surface area contributed by atoms with Crippen molar-refractivity contribution >= 4 is 18.0 Å². The van der Waals surface area contributed by atoms with Gasteiger partial charge in [0.05, 0.1) is 27.0 Å². The molecule has 0 spiro atoms. The van der Waals surface area contributed by atoms with Gasteiger partial charge >= 0.3 is 0 Å². The Kier molecular flexibility index (Phi) is 6.73. The molecule has 2 N–H and O–H groups in total. The molecule has 136 valence electrons. The number of hydrogen-bond acceptors (Lipinski definition) is 5. The van der Waals surface area contributed by atoms with Crippen molar-refractivity contribution in [1.82, 2.24) is 10.7 Å². The number of carbonyl (C=O) groups excluding carboxylic acids is 2. The van der Waals surface area contributed by atoms with Gasteiger partial charge in [0, 0.05) is 11.1 Å². The Morgan fingerprint density at radius 3 is 2.62 bits per heavy atom. The molecule has 0 saturated carbocycles. The fourth-order valence-electron chi connectivity index (χ4n) is 2.20. The average Bonchev–Trinajstić information content (AvgIpc) is 2.66. The van der Waals surface area contributed by atoms with Gasteiger partial charge in [0.2, 0.25) is 0 Å². The quantitative estimate of drug-likeness (QED) is 0.586. The van der Waals surface area contributed by atoms with Crippen LogP contribution in [0.5, 0.6) is 11.5 Å². The molecule has 0 aliphatic carbocycles. The predicted molar refractivity (Wildman–Crippen MR) is 98.8 cm³/mol. The third-order valence-electron chi connectivity index (χ3n) is 3.52. The lowest BCUT2D eigenvalue weighted by Crippen LogP contribution is -2.34. The summed E-state index contributed by atoms with van der Waals surface area (Å²) in [6.07, 6.45) is 1.45. The van der Waals surface area contributed by atoms with Crippen molar-refractivity contribution < 1.29 is 19.1 Å². The van der Waals surface area contributed by atoms with E-state index in [0.717, 1.165) is 5.56 Å². The van der Waals surface area contributed by atoms with E-state index in [2.05, 4.69) is 15.8 Å². The van der Waals surface area contributed by atoms with Gasteiger partial charge in [-0.05, 0) is 37.3 Å². The van der Waals surface area contributed by atoms with E-state index in [4.69, 9.17) is 9.47 Å². The molecule has 0 aliphatic rings. The summed E-state index contributed by atoms with van der Waals surface area (Å²) in [4.78, 5) is 23.8. The molecule has 2 aromatic rings. The van der Waals surface area contributed by atoms with Crippen molar-refractivity contribution in [2.45, 2.75) is 6.92 Å². The SMILES string of the molecule is COc1ccc(OC)c(C=NNC(=O)CNC(=O)c2cccc(C)c2)c1. The smallest absolute Gasteiger partial charge is 0.259 e. The molecule has 0 aliphatic heterocycles. The van der Waals surface area contributed by atoms with Gasteiger partial charge in [0.1, 0.15) is 11.5 Å². The van der Waals surface area contributed by atoms with Crippen molar-refractivity contribution in [3.63, 3.8) is 0 Å². The third kappa shape index (κ3) is 5.34. The number of benzene rings is 2. The molecule has 2 rings (SSSR count). The van der Waals surface area contributed by atoms with E-state index >= 15 is 0 Å². The zero-order chi connectivity index (χ0) is 18.9. The first-order valence-corrected chi connectivity index (χ1v) is 7.92. The van der Waals surface area contributed by atoms with Gasteiger partial charge < -0.3 is 14.8 Å². The molecule has 0 atom stereocenters. The van der Waals surface area contributed by atoms with Crippen LogP contribution in [0.15, 0.2) is 47.6 Å². The Balaban J connectivity index is 1.88. The summed E-state index contributed by atoms with van der Waals surface area (Å²) in [5, 5.41) is 6.42. The maximum Gasteiger partial charge on any atom is 0.259 e. The molecular weight excluding hydrogens is 334 g/mol. The van der Waals surface area contributed by atoms with E-state index in [1.165, 1.54) is 6.21 Å². The Labute approximate surface area is 152 Å². The van der Waals surface area contributed by atoms with Crippen molar-refractivity contribution in [2.75, 3.05) is 20.8 Å². The lowest BCUT2D eigenvalue weighted by atomic mass is 10.1. The van der Waals surface area contributed by atoms with Crippen LogP contribution in [0.3, 0.4) is 0 Å². The summed E-state index contributed by atoms with van der Waals surface area (Å²) in [5.41, 5.74) is 4.48. The van der Waals surface area contributed by atoms with Crippen LogP contribution in [0.1, 0.15) is 21.5 Å². The molecule has 2 aromatic carbocycles. The van der Waals surface area contributed by atoms with Crippen LogP contribution >= 0.6 is 0 Å². The number of aryl methyl sites for hydroxylation is 1. The number of rotatable bonds is 7. The fourth-order valence-corrected chi connectivity index (χ4v) is 2.20. The van der Waals surface area contributed by atoms with Crippen LogP contribution < -0.4 is 20.2 Å². The van der Waals surface area contributed by atoms with E-state index in [1.807, 2.05) is 13.0 Å². The minimum atomic E-state index is -0.441. The molecule has 0 heterocycles. The standard InChI is InChI=1S/C19H21N3O4/c1-13-5-4-6-14(9-13)19(24)20-12-18(23)22-21-11-15-10-16(25-2)7-8-17(15)26-3/h4-11H,12H2,1-3H3,(H,20,24)(H,22,23). The molecule has 0 unspecified atom stereocenters. The second kappa shape index (κ2) is 9.22. The van der Waals surface area contributed by atoms with Crippen LogP contribution in [0.4, 0.5) is 0 Å². The molecule has 0 fully saturated rings. The first kappa shape index (κ1) is 19.0. The number of nitrogens with zero attached hydrogens (tertiary/aromatic N) is 1. The molecule has 7 nitrogen and oxygen atoms in total. The van der Waals surface area contributed by atoms with Gasteiger partial charge in [-0.15, -0.1) is 0 Å². The minimum absolute atomic E-state index is 0.181. The normalized spacial score (nSPS) is 10.4. The fraction of sp³-hybridized carbons (Fsp3) is 0.211. The number of hydrazone groups is 1. The number of ether oxygens (including phenoxy) is 2. The Morgan fingerprint density at radius 2 is 1.92 bits per heavy atom. The van der Waals surface area contributed by atoms with Gasteiger partial charge in [-0.25, -0.2) is 5.43 Å². The van der Waals surface area contributed by atoms with Crippen LogP contribution in [-0.4, -0.2) is 38.8 Å². The van der Waals surface area contributed by atoms with E-state index in [1.54, 1.807) is 50.6 Å². The topological polar surface area (TPSA) is 89.0 Å². The van der Waals surface area contributed by atoms with Crippen molar-refractivity contribution in [2.24, 2.45) is 5.10 Å². The molecule has 0 radical (unpaired) electrons. The number of carbonyl (C=O) groups is 2. The van der Waals surface area contributed by atoms with Gasteiger partial charge in [-0.2, -0.15) is 5.10 Å². The van der Waals surface area contributed by atoms with Crippen LogP contribution in [0.25, 0.3) is 0 Å². The summed E-state index contributed by atoms with van der Waals surface area (Å²) in [5.74, 6) is 0.479. The molecule has 7 heteroatoms. The maximum absolute atomic E-state index is 12.0. The second-order valence-corrected chi connectivity index (χ2v) is 5.45. The van der Waals surface area contributed by atoms with Crippen molar-refractivity contribution in [3.05, 3.63) is 59.2 Å². The van der Waals surface area contributed by atoms with Gasteiger partial charge in [0.25, 0.3) is 11.8 Å². The number of amides is 2. The summed E-state index contributed by atoms with van der Waals surface area (Å²) < 4.78 is 10.4. The summed E-state index contributed by atoms with van der Waals surface area (Å²) in [6.45, 7) is 1.71. The Hall–Kier alpha value is -3.35. The average molecular weight is 355 g/mol. The highest BCUT2D eigenvalue weighted by atomic mass is 16.5. The number of methoxy groups -OCH3 is 2. The molecule has 2 amide bonds.